The average Bonchev–Trinajstić information content (AvgIpc) is 2.82. The van der Waals surface area contributed by atoms with Crippen LogP contribution in [0, 0.1) is 5.92 Å². The van der Waals surface area contributed by atoms with Crippen LogP contribution in [0.25, 0.3) is 10.9 Å². The van der Waals surface area contributed by atoms with Crippen molar-refractivity contribution in [1.82, 2.24) is 19.5 Å². The first-order chi connectivity index (χ1) is 16.3. The van der Waals surface area contributed by atoms with Crippen LogP contribution in [0.15, 0.2) is 34.0 Å². The van der Waals surface area contributed by atoms with E-state index >= 15 is 0 Å². The Morgan fingerprint density at radius 2 is 1.94 bits per heavy atom. The van der Waals surface area contributed by atoms with Crippen LogP contribution in [0.1, 0.15) is 62.7 Å². The number of H-pyrrole nitrogens is 1. The van der Waals surface area contributed by atoms with E-state index in [1.54, 1.807) is 6.07 Å². The molecule has 0 bridgehead atoms. The Morgan fingerprint density at radius 1 is 1.12 bits per heavy atom. The van der Waals surface area contributed by atoms with Gasteiger partial charge in [0, 0.05) is 49.2 Å². The Balaban J connectivity index is 1.51. The van der Waals surface area contributed by atoms with E-state index in [-0.39, 0.29) is 21.9 Å². The third-order valence-electron chi connectivity index (χ3n) is 7.16. The lowest BCUT2D eigenvalue weighted by atomic mass is 10.0. The number of likely N-dealkylation sites (tertiary alicyclic amines) is 1. The molecule has 0 aliphatic carbocycles. The molecule has 2 aromatic rings. The summed E-state index contributed by atoms with van der Waals surface area (Å²) in [5.41, 5.74) is 0.264. The molecule has 186 valence electrons. The van der Waals surface area contributed by atoms with E-state index < -0.39 is 10.0 Å². The van der Waals surface area contributed by atoms with Gasteiger partial charge in [0.25, 0.3) is 5.91 Å². The van der Waals surface area contributed by atoms with E-state index in [1.807, 2.05) is 0 Å². The molecular weight excluding hydrogens is 452 g/mol. The minimum absolute atomic E-state index is 0.147. The number of amides is 1. The largest absolute Gasteiger partial charge is 0.352 e. The van der Waals surface area contributed by atoms with Crippen LogP contribution in [-0.4, -0.2) is 67.3 Å². The molecular formula is C25H36N4O4S. The smallest absolute Gasteiger partial charge is 0.252 e. The van der Waals surface area contributed by atoms with Crippen molar-refractivity contribution >= 4 is 26.8 Å². The molecule has 1 aromatic heterocycles. The fraction of sp³-hybridized carbons (Fsp3) is 0.600. The van der Waals surface area contributed by atoms with Crippen LogP contribution in [0.3, 0.4) is 0 Å². The third-order valence-corrected chi connectivity index (χ3v) is 9.03. The van der Waals surface area contributed by atoms with Gasteiger partial charge in [-0.1, -0.05) is 13.3 Å². The Hall–Kier alpha value is -2.23. The van der Waals surface area contributed by atoms with E-state index in [9.17, 15) is 18.0 Å². The molecule has 2 N–H and O–H groups in total. The number of benzene rings is 1. The van der Waals surface area contributed by atoms with Gasteiger partial charge in [-0.2, -0.15) is 4.31 Å². The monoisotopic (exact) mass is 488 g/mol. The molecule has 9 heteroatoms. The Labute approximate surface area is 201 Å². The van der Waals surface area contributed by atoms with Crippen molar-refractivity contribution in [3.05, 3.63) is 40.2 Å². The second-order valence-electron chi connectivity index (χ2n) is 9.86. The summed E-state index contributed by atoms with van der Waals surface area (Å²) in [6.45, 7) is 7.82. The number of carbonyl (C=O) groups is 1. The number of fused-ring (bicyclic) bond motifs is 1. The zero-order valence-electron chi connectivity index (χ0n) is 20.2. The highest BCUT2D eigenvalue weighted by Crippen LogP contribution is 2.26. The van der Waals surface area contributed by atoms with E-state index in [0.29, 0.717) is 42.5 Å². The summed E-state index contributed by atoms with van der Waals surface area (Å²) in [6, 6.07) is 6.43. The molecule has 34 heavy (non-hydrogen) atoms. The summed E-state index contributed by atoms with van der Waals surface area (Å²) in [5.74, 6) is -0.0430. The number of carbonyl (C=O) groups excluding carboxylic acids is 1. The van der Waals surface area contributed by atoms with E-state index in [1.165, 1.54) is 41.8 Å². The number of piperidine rings is 2. The van der Waals surface area contributed by atoms with Crippen molar-refractivity contribution in [2.75, 3.05) is 32.7 Å². The van der Waals surface area contributed by atoms with Crippen LogP contribution in [-0.2, 0) is 10.0 Å². The zero-order valence-corrected chi connectivity index (χ0v) is 21.0. The topological polar surface area (TPSA) is 103 Å². The van der Waals surface area contributed by atoms with Crippen LogP contribution in [0.2, 0.25) is 0 Å². The summed E-state index contributed by atoms with van der Waals surface area (Å²) in [4.78, 5) is 30.5. The van der Waals surface area contributed by atoms with Crippen molar-refractivity contribution in [1.29, 1.82) is 0 Å². The van der Waals surface area contributed by atoms with Crippen LogP contribution >= 0.6 is 0 Å². The third kappa shape index (κ3) is 5.53. The van der Waals surface area contributed by atoms with Crippen LogP contribution in [0.4, 0.5) is 0 Å². The molecule has 2 aliphatic rings. The highest BCUT2D eigenvalue weighted by atomic mass is 32.2. The first-order valence-corrected chi connectivity index (χ1v) is 13.9. The molecule has 1 aromatic carbocycles. The molecule has 3 heterocycles. The minimum atomic E-state index is -3.67. The van der Waals surface area contributed by atoms with Gasteiger partial charge in [0.2, 0.25) is 15.6 Å². The molecule has 0 radical (unpaired) electrons. The molecule has 2 fully saturated rings. The maximum Gasteiger partial charge on any atom is 0.252 e. The highest BCUT2D eigenvalue weighted by molar-refractivity contribution is 7.89. The number of hydrogen-bond donors (Lipinski definition) is 2. The number of rotatable bonds is 7. The summed E-state index contributed by atoms with van der Waals surface area (Å²) in [7, 11) is -3.67. The van der Waals surface area contributed by atoms with Gasteiger partial charge in [0.1, 0.15) is 0 Å². The number of nitrogens with one attached hydrogen (secondary N) is 2. The standard InChI is InChI=1S/C25H36N4O4S/c1-18-7-5-14-29(17-18)34(32,33)20-9-10-23-21(15-20)22(16-24(30)27-23)25(31)26-11-6-13-28-12-4-3-8-19(28)2/h9-10,15-16,18-19H,3-8,11-14,17H2,1-2H3,(H,26,31)(H,27,30)/t18-,19+/m1/s1. The normalized spacial score (nSPS) is 22.6. The van der Waals surface area contributed by atoms with Gasteiger partial charge >= 0.3 is 0 Å². The molecule has 0 spiro atoms. The lowest BCUT2D eigenvalue weighted by molar-refractivity contribution is 0.0950. The number of sulfonamides is 1. The van der Waals surface area contributed by atoms with Gasteiger partial charge < -0.3 is 15.2 Å². The summed E-state index contributed by atoms with van der Waals surface area (Å²) in [5, 5.41) is 3.36. The SMILES string of the molecule is C[C@@H]1CCCN(S(=O)(=O)c2ccc3[nH]c(=O)cc(C(=O)NCCCN4CCCC[C@@H]4C)c3c2)C1. The zero-order chi connectivity index (χ0) is 24.3. The lowest BCUT2D eigenvalue weighted by Crippen LogP contribution is -2.39. The quantitative estimate of drug-likeness (QED) is 0.584. The molecule has 2 aliphatic heterocycles. The number of aromatic nitrogens is 1. The Kier molecular flexibility index (Phi) is 7.74. The minimum Gasteiger partial charge on any atom is -0.352 e. The van der Waals surface area contributed by atoms with Crippen molar-refractivity contribution in [2.24, 2.45) is 5.92 Å². The second-order valence-corrected chi connectivity index (χ2v) is 11.8. The summed E-state index contributed by atoms with van der Waals surface area (Å²) in [6.07, 6.45) is 6.39. The number of nitrogens with zero attached hydrogens (tertiary/aromatic N) is 2. The average molecular weight is 489 g/mol. The predicted molar refractivity (Wildman–Crippen MR) is 134 cm³/mol. The van der Waals surface area contributed by atoms with Crippen molar-refractivity contribution in [3.8, 4) is 0 Å². The molecule has 8 nitrogen and oxygen atoms in total. The molecule has 2 atom stereocenters. The Morgan fingerprint density at radius 3 is 2.71 bits per heavy atom. The van der Waals surface area contributed by atoms with Crippen LogP contribution < -0.4 is 10.9 Å². The first kappa shape index (κ1) is 24.9. The fourth-order valence-electron chi connectivity index (χ4n) is 5.16. The van der Waals surface area contributed by atoms with E-state index in [2.05, 4.69) is 29.0 Å². The molecule has 0 unspecified atom stereocenters. The maximum atomic E-state index is 13.3. The molecule has 0 saturated carbocycles. The van der Waals surface area contributed by atoms with Gasteiger partial charge in [-0.15, -0.1) is 0 Å². The lowest BCUT2D eigenvalue weighted by Gasteiger charge is -2.33. The number of hydrogen-bond acceptors (Lipinski definition) is 5. The van der Waals surface area contributed by atoms with Gasteiger partial charge in [-0.25, -0.2) is 8.42 Å². The van der Waals surface area contributed by atoms with Crippen molar-refractivity contribution in [3.63, 3.8) is 0 Å². The van der Waals surface area contributed by atoms with Gasteiger partial charge in [-0.3, -0.25) is 9.59 Å². The highest BCUT2D eigenvalue weighted by Gasteiger charge is 2.29. The van der Waals surface area contributed by atoms with Crippen LogP contribution in [0.5, 0.6) is 0 Å². The van der Waals surface area contributed by atoms with E-state index in [4.69, 9.17) is 0 Å². The number of pyridine rings is 1. The summed E-state index contributed by atoms with van der Waals surface area (Å²) < 4.78 is 28.0. The second kappa shape index (κ2) is 10.6. The predicted octanol–water partition coefficient (Wildman–Crippen LogP) is 2.94. The van der Waals surface area contributed by atoms with E-state index in [0.717, 1.165) is 32.4 Å². The van der Waals surface area contributed by atoms with Gasteiger partial charge in [-0.05, 0) is 69.7 Å². The molecule has 4 rings (SSSR count). The molecule has 2 saturated heterocycles. The maximum absolute atomic E-state index is 13.3. The van der Waals surface area contributed by atoms with Crippen molar-refractivity contribution < 1.29 is 13.2 Å². The van der Waals surface area contributed by atoms with Gasteiger partial charge in [0.05, 0.1) is 10.5 Å². The Bertz CT molecular complexity index is 1190. The first-order valence-electron chi connectivity index (χ1n) is 12.4. The number of aromatic amines is 1. The van der Waals surface area contributed by atoms with Gasteiger partial charge in [0.15, 0.2) is 0 Å². The molecule has 1 amide bonds. The fourth-order valence-corrected chi connectivity index (χ4v) is 6.79. The summed E-state index contributed by atoms with van der Waals surface area (Å²) >= 11 is 0. The van der Waals surface area contributed by atoms with Crippen molar-refractivity contribution in [2.45, 2.75) is 63.3 Å².